The van der Waals surface area contributed by atoms with Gasteiger partial charge in [0.1, 0.15) is 6.04 Å². The first-order chi connectivity index (χ1) is 9.88. The first-order valence-electron chi connectivity index (χ1n) is 7.48. The van der Waals surface area contributed by atoms with Crippen molar-refractivity contribution >= 4 is 5.97 Å². The van der Waals surface area contributed by atoms with E-state index in [1.165, 1.54) is 7.11 Å². The van der Waals surface area contributed by atoms with Crippen molar-refractivity contribution in [2.24, 2.45) is 5.92 Å². The van der Waals surface area contributed by atoms with E-state index in [0.717, 1.165) is 6.42 Å². The topological polar surface area (TPSA) is 41.6 Å². The van der Waals surface area contributed by atoms with Gasteiger partial charge >= 0.3 is 12.1 Å². The van der Waals surface area contributed by atoms with Crippen LogP contribution in [0.1, 0.15) is 32.6 Å². The number of carbonyl (C=O) groups is 1. The molecule has 0 aromatic carbocycles. The first kappa shape index (κ1) is 18.2. The predicted molar refractivity (Wildman–Crippen MR) is 73.9 cm³/mol. The molecule has 1 rings (SSSR count). The summed E-state index contributed by atoms with van der Waals surface area (Å²) < 4.78 is 43.0. The summed E-state index contributed by atoms with van der Waals surface area (Å²) in [6, 6.07) is -0.443. The standard InChI is InChI=1S/C14H25F3N2O2/c1-3-7-18-12(13(20)21-2)6-9-19-8-4-5-11(10-19)14(15,16)17/h11-12,18H,3-10H2,1-2H3. The largest absolute Gasteiger partial charge is 0.468 e. The van der Waals surface area contributed by atoms with E-state index in [9.17, 15) is 18.0 Å². The summed E-state index contributed by atoms with van der Waals surface area (Å²) in [7, 11) is 1.32. The Kier molecular flexibility index (Phi) is 7.45. The summed E-state index contributed by atoms with van der Waals surface area (Å²) >= 11 is 0. The van der Waals surface area contributed by atoms with Crippen LogP contribution in [-0.4, -0.2) is 56.4 Å². The summed E-state index contributed by atoms with van der Waals surface area (Å²) in [5, 5.41) is 3.08. The number of nitrogens with one attached hydrogen (secondary N) is 1. The molecule has 1 fully saturated rings. The molecule has 0 amide bonds. The number of esters is 1. The molecule has 2 unspecified atom stereocenters. The number of alkyl halides is 3. The minimum atomic E-state index is -4.12. The van der Waals surface area contributed by atoms with Crippen LogP contribution in [0.5, 0.6) is 0 Å². The second kappa shape index (κ2) is 8.58. The summed E-state index contributed by atoms with van der Waals surface area (Å²) in [5.41, 5.74) is 0. The Balaban J connectivity index is 2.45. The quantitative estimate of drug-likeness (QED) is 0.732. The maximum Gasteiger partial charge on any atom is 0.393 e. The predicted octanol–water partition coefficient (Wildman–Crippen LogP) is 2.19. The van der Waals surface area contributed by atoms with Crippen molar-refractivity contribution in [2.45, 2.75) is 44.8 Å². The lowest BCUT2D eigenvalue weighted by molar-refractivity contribution is -0.186. The third kappa shape index (κ3) is 6.22. The van der Waals surface area contributed by atoms with Crippen molar-refractivity contribution in [3.05, 3.63) is 0 Å². The van der Waals surface area contributed by atoms with Gasteiger partial charge < -0.3 is 15.0 Å². The van der Waals surface area contributed by atoms with Crippen LogP contribution in [-0.2, 0) is 9.53 Å². The van der Waals surface area contributed by atoms with Crippen molar-refractivity contribution < 1.29 is 22.7 Å². The molecule has 0 spiro atoms. The van der Waals surface area contributed by atoms with E-state index < -0.39 is 18.1 Å². The number of methoxy groups -OCH3 is 1. The lowest BCUT2D eigenvalue weighted by Gasteiger charge is -2.34. The second-order valence-electron chi connectivity index (χ2n) is 5.50. The van der Waals surface area contributed by atoms with Crippen LogP contribution < -0.4 is 5.32 Å². The van der Waals surface area contributed by atoms with Crippen molar-refractivity contribution in [3.63, 3.8) is 0 Å². The first-order valence-corrected chi connectivity index (χ1v) is 7.48. The molecule has 0 aliphatic carbocycles. The molecular weight excluding hydrogens is 285 g/mol. The maximum atomic E-state index is 12.7. The average molecular weight is 310 g/mol. The molecule has 1 saturated heterocycles. The Morgan fingerprint density at radius 3 is 2.76 bits per heavy atom. The lowest BCUT2D eigenvalue weighted by atomic mass is 9.97. The molecule has 0 bridgehead atoms. The van der Waals surface area contributed by atoms with Gasteiger partial charge in [-0.1, -0.05) is 6.92 Å². The minimum Gasteiger partial charge on any atom is -0.468 e. The van der Waals surface area contributed by atoms with E-state index >= 15 is 0 Å². The highest BCUT2D eigenvalue weighted by Gasteiger charge is 2.41. The van der Waals surface area contributed by atoms with Crippen LogP contribution in [0.4, 0.5) is 13.2 Å². The highest BCUT2D eigenvalue weighted by atomic mass is 19.4. The van der Waals surface area contributed by atoms with Crippen LogP contribution in [0.3, 0.4) is 0 Å². The zero-order valence-electron chi connectivity index (χ0n) is 12.7. The van der Waals surface area contributed by atoms with E-state index in [1.807, 2.05) is 6.92 Å². The normalized spacial score (nSPS) is 22.0. The smallest absolute Gasteiger partial charge is 0.393 e. The van der Waals surface area contributed by atoms with Gasteiger partial charge in [0.2, 0.25) is 0 Å². The SMILES string of the molecule is CCCNC(CCN1CCCC(C(F)(F)F)C1)C(=O)OC. The molecular formula is C14H25F3N2O2. The molecule has 4 nitrogen and oxygen atoms in total. The van der Waals surface area contributed by atoms with Gasteiger partial charge in [0.05, 0.1) is 13.0 Å². The number of halogens is 3. The molecule has 1 aliphatic heterocycles. The van der Waals surface area contributed by atoms with E-state index in [1.54, 1.807) is 4.90 Å². The van der Waals surface area contributed by atoms with Crippen LogP contribution in [0.25, 0.3) is 0 Å². The van der Waals surface area contributed by atoms with Crippen LogP contribution in [0.15, 0.2) is 0 Å². The molecule has 21 heavy (non-hydrogen) atoms. The second-order valence-corrected chi connectivity index (χ2v) is 5.50. The maximum absolute atomic E-state index is 12.7. The Bertz CT molecular complexity index is 324. The van der Waals surface area contributed by atoms with Crippen LogP contribution in [0, 0.1) is 5.92 Å². The van der Waals surface area contributed by atoms with E-state index in [2.05, 4.69) is 5.32 Å². The fourth-order valence-corrected chi connectivity index (χ4v) is 2.60. The average Bonchev–Trinajstić information content (AvgIpc) is 2.46. The molecule has 124 valence electrons. The number of rotatable bonds is 7. The Morgan fingerprint density at radius 2 is 2.19 bits per heavy atom. The summed E-state index contributed by atoms with van der Waals surface area (Å²) in [4.78, 5) is 13.4. The summed E-state index contributed by atoms with van der Waals surface area (Å²) in [6.07, 6.45) is -2.02. The zero-order chi connectivity index (χ0) is 15.9. The van der Waals surface area contributed by atoms with Crippen molar-refractivity contribution in [1.82, 2.24) is 10.2 Å². The molecule has 0 aromatic heterocycles. The van der Waals surface area contributed by atoms with Gasteiger partial charge in [0, 0.05) is 13.1 Å². The van der Waals surface area contributed by atoms with Crippen molar-refractivity contribution in [2.75, 3.05) is 33.3 Å². The highest BCUT2D eigenvalue weighted by molar-refractivity contribution is 5.75. The highest BCUT2D eigenvalue weighted by Crippen LogP contribution is 2.33. The van der Waals surface area contributed by atoms with Crippen LogP contribution >= 0.6 is 0 Å². The third-order valence-corrected chi connectivity index (χ3v) is 3.83. The van der Waals surface area contributed by atoms with E-state index in [0.29, 0.717) is 32.5 Å². The van der Waals surface area contributed by atoms with Gasteiger partial charge in [0.25, 0.3) is 0 Å². The summed E-state index contributed by atoms with van der Waals surface area (Å²) in [6.45, 7) is 3.84. The number of piperidine rings is 1. The van der Waals surface area contributed by atoms with Gasteiger partial charge in [-0.15, -0.1) is 0 Å². The van der Waals surface area contributed by atoms with Gasteiger partial charge in [-0.2, -0.15) is 13.2 Å². The number of likely N-dealkylation sites (tertiary alicyclic amines) is 1. The Morgan fingerprint density at radius 1 is 1.48 bits per heavy atom. The molecule has 0 aromatic rings. The van der Waals surface area contributed by atoms with Gasteiger partial charge in [-0.05, 0) is 38.8 Å². The number of hydrogen-bond acceptors (Lipinski definition) is 4. The summed E-state index contributed by atoms with van der Waals surface area (Å²) in [5.74, 6) is -1.60. The fraction of sp³-hybridized carbons (Fsp3) is 0.929. The molecule has 0 saturated carbocycles. The van der Waals surface area contributed by atoms with Crippen molar-refractivity contribution in [1.29, 1.82) is 0 Å². The van der Waals surface area contributed by atoms with E-state index in [-0.39, 0.29) is 18.9 Å². The van der Waals surface area contributed by atoms with Crippen LogP contribution in [0.2, 0.25) is 0 Å². The Hall–Kier alpha value is -0.820. The lowest BCUT2D eigenvalue weighted by Crippen LogP contribution is -2.45. The number of carbonyl (C=O) groups excluding carboxylic acids is 1. The van der Waals surface area contributed by atoms with Gasteiger partial charge in [-0.3, -0.25) is 4.79 Å². The minimum absolute atomic E-state index is 0.0329. The Labute approximate surface area is 124 Å². The van der Waals surface area contributed by atoms with Gasteiger partial charge in [0.15, 0.2) is 0 Å². The third-order valence-electron chi connectivity index (χ3n) is 3.83. The number of ether oxygens (including phenoxy) is 1. The number of hydrogen-bond donors (Lipinski definition) is 1. The monoisotopic (exact) mass is 310 g/mol. The fourth-order valence-electron chi connectivity index (χ4n) is 2.60. The molecule has 1 aliphatic rings. The molecule has 0 radical (unpaired) electrons. The molecule has 1 N–H and O–H groups in total. The number of nitrogens with zero attached hydrogens (tertiary/aromatic N) is 1. The van der Waals surface area contributed by atoms with Crippen molar-refractivity contribution in [3.8, 4) is 0 Å². The van der Waals surface area contributed by atoms with E-state index in [4.69, 9.17) is 4.74 Å². The molecule has 7 heteroatoms. The molecule has 1 heterocycles. The van der Waals surface area contributed by atoms with Gasteiger partial charge in [-0.25, -0.2) is 0 Å². The zero-order valence-corrected chi connectivity index (χ0v) is 12.7. The molecule has 2 atom stereocenters.